The van der Waals surface area contributed by atoms with E-state index in [1.54, 1.807) is 36.4 Å². The van der Waals surface area contributed by atoms with Crippen LogP contribution in [-0.2, 0) is 6.18 Å². The molecular weight excluding hydrogens is 517 g/mol. The molecule has 5 aromatic rings. The first-order valence-corrected chi connectivity index (χ1v) is 11.7. The Kier molecular flexibility index (Phi) is 6.65. The fourth-order valence-electron chi connectivity index (χ4n) is 3.96. The standard InChI is InChI=1S/C29H18ClF3N2O3/c30-20-10-6-9-18(15-20)25-28(38-27(34-25)17-7-2-1-3-8-17)35-26(37)23-12-5-4-11-21(23)22-14-13-19(16-24(22)36)29(31,32)33/h1-16,36H,(H,35,37). The predicted octanol–water partition coefficient (Wildman–Crippen LogP) is 8.31. The minimum absolute atomic E-state index is 0.0579. The van der Waals surface area contributed by atoms with E-state index in [0.29, 0.717) is 27.9 Å². The van der Waals surface area contributed by atoms with Gasteiger partial charge in [-0.15, -0.1) is 0 Å². The summed E-state index contributed by atoms with van der Waals surface area (Å²) in [5.74, 6) is -0.892. The zero-order valence-corrected chi connectivity index (χ0v) is 20.2. The fraction of sp³-hybridized carbons (Fsp3) is 0.0345. The molecule has 5 nitrogen and oxygen atoms in total. The summed E-state index contributed by atoms with van der Waals surface area (Å²) in [5.41, 5.74) is 1.05. The number of alkyl halides is 3. The number of rotatable bonds is 5. The van der Waals surface area contributed by atoms with Gasteiger partial charge < -0.3 is 9.52 Å². The number of halogens is 4. The molecule has 0 aliphatic carbocycles. The number of benzene rings is 4. The van der Waals surface area contributed by atoms with Crippen molar-refractivity contribution in [2.24, 2.45) is 0 Å². The van der Waals surface area contributed by atoms with Crippen molar-refractivity contribution < 1.29 is 27.5 Å². The van der Waals surface area contributed by atoms with E-state index >= 15 is 0 Å². The monoisotopic (exact) mass is 534 g/mol. The number of nitrogens with one attached hydrogen (secondary N) is 1. The van der Waals surface area contributed by atoms with E-state index in [0.717, 1.165) is 12.1 Å². The normalized spacial score (nSPS) is 11.4. The third-order valence-electron chi connectivity index (χ3n) is 5.76. The molecule has 2 N–H and O–H groups in total. The van der Waals surface area contributed by atoms with Gasteiger partial charge in [0.25, 0.3) is 5.91 Å². The Bertz CT molecular complexity index is 1630. The van der Waals surface area contributed by atoms with E-state index in [4.69, 9.17) is 16.0 Å². The summed E-state index contributed by atoms with van der Waals surface area (Å²) in [6.07, 6.45) is -4.62. The third-order valence-corrected chi connectivity index (χ3v) is 6.00. The molecule has 4 aromatic carbocycles. The number of hydrogen-bond donors (Lipinski definition) is 2. The largest absolute Gasteiger partial charge is 0.507 e. The van der Waals surface area contributed by atoms with Crippen LogP contribution in [0.4, 0.5) is 19.1 Å². The Labute approximate surface area is 220 Å². The second-order valence-electron chi connectivity index (χ2n) is 8.30. The molecule has 1 amide bonds. The highest BCUT2D eigenvalue weighted by molar-refractivity contribution is 6.30. The van der Waals surface area contributed by atoms with E-state index < -0.39 is 23.4 Å². The minimum atomic E-state index is -4.62. The number of hydrogen-bond acceptors (Lipinski definition) is 4. The Morgan fingerprint density at radius 2 is 1.55 bits per heavy atom. The summed E-state index contributed by atoms with van der Waals surface area (Å²) < 4.78 is 45.2. The number of oxazole rings is 1. The molecule has 0 aliphatic heterocycles. The molecule has 5 rings (SSSR count). The van der Waals surface area contributed by atoms with E-state index in [9.17, 15) is 23.1 Å². The minimum Gasteiger partial charge on any atom is -0.507 e. The molecule has 1 aromatic heterocycles. The van der Waals surface area contributed by atoms with Gasteiger partial charge >= 0.3 is 6.18 Å². The van der Waals surface area contributed by atoms with Gasteiger partial charge in [0.15, 0.2) is 0 Å². The van der Waals surface area contributed by atoms with Gasteiger partial charge in [0.2, 0.25) is 11.8 Å². The quantitative estimate of drug-likeness (QED) is 0.238. The molecule has 38 heavy (non-hydrogen) atoms. The molecule has 0 saturated carbocycles. The summed E-state index contributed by atoms with van der Waals surface area (Å²) >= 11 is 6.18. The van der Waals surface area contributed by atoms with Gasteiger partial charge in [0.1, 0.15) is 11.4 Å². The van der Waals surface area contributed by atoms with Crippen LogP contribution in [-0.4, -0.2) is 16.0 Å². The lowest BCUT2D eigenvalue weighted by molar-refractivity contribution is -0.137. The topological polar surface area (TPSA) is 75.4 Å². The van der Waals surface area contributed by atoms with Crippen LogP contribution in [0, 0.1) is 0 Å². The number of nitrogens with zero attached hydrogens (tertiary/aromatic N) is 1. The van der Waals surface area contributed by atoms with Gasteiger partial charge in [-0.2, -0.15) is 13.2 Å². The molecule has 9 heteroatoms. The van der Waals surface area contributed by atoms with E-state index in [-0.39, 0.29) is 28.5 Å². The SMILES string of the molecule is O=C(Nc1oc(-c2ccccc2)nc1-c1cccc(Cl)c1)c1ccccc1-c1ccc(C(F)(F)F)cc1O. The van der Waals surface area contributed by atoms with Gasteiger partial charge in [0, 0.05) is 27.3 Å². The summed E-state index contributed by atoms with van der Waals surface area (Å²) in [6, 6.07) is 24.8. The maximum atomic E-state index is 13.5. The molecule has 190 valence electrons. The molecule has 0 atom stereocenters. The zero-order valence-electron chi connectivity index (χ0n) is 19.5. The van der Waals surface area contributed by atoms with Gasteiger partial charge in [-0.3, -0.25) is 10.1 Å². The summed E-state index contributed by atoms with van der Waals surface area (Å²) in [4.78, 5) is 18.0. The van der Waals surface area contributed by atoms with Crippen molar-refractivity contribution in [3.8, 4) is 39.6 Å². The molecule has 0 fully saturated rings. The Balaban J connectivity index is 1.55. The van der Waals surface area contributed by atoms with Crippen LogP contribution in [0.1, 0.15) is 15.9 Å². The summed E-state index contributed by atoms with van der Waals surface area (Å²) in [5, 5.41) is 13.6. The second-order valence-corrected chi connectivity index (χ2v) is 8.74. The maximum Gasteiger partial charge on any atom is 0.416 e. The number of carbonyl (C=O) groups excluding carboxylic acids is 1. The highest BCUT2D eigenvalue weighted by Crippen LogP contribution is 2.39. The van der Waals surface area contributed by atoms with E-state index in [1.807, 2.05) is 30.3 Å². The molecule has 0 unspecified atom stereocenters. The summed E-state index contributed by atoms with van der Waals surface area (Å²) in [6.45, 7) is 0. The van der Waals surface area contributed by atoms with Crippen LogP contribution >= 0.6 is 11.6 Å². The average Bonchev–Trinajstić information content (AvgIpc) is 3.32. The Morgan fingerprint density at radius 3 is 2.26 bits per heavy atom. The lowest BCUT2D eigenvalue weighted by atomic mass is 9.97. The number of carbonyl (C=O) groups is 1. The third kappa shape index (κ3) is 5.12. The second kappa shape index (κ2) is 10.1. The van der Waals surface area contributed by atoms with Crippen molar-refractivity contribution in [1.29, 1.82) is 0 Å². The van der Waals surface area contributed by atoms with Crippen molar-refractivity contribution in [2.75, 3.05) is 5.32 Å². The molecule has 0 saturated heterocycles. The lowest BCUT2D eigenvalue weighted by Crippen LogP contribution is -2.13. The van der Waals surface area contributed by atoms with Crippen molar-refractivity contribution in [2.45, 2.75) is 6.18 Å². The number of phenols is 1. The van der Waals surface area contributed by atoms with E-state index in [1.165, 1.54) is 12.1 Å². The lowest BCUT2D eigenvalue weighted by Gasteiger charge is -2.13. The Hall–Kier alpha value is -4.56. The highest BCUT2D eigenvalue weighted by Gasteiger charge is 2.31. The smallest absolute Gasteiger partial charge is 0.416 e. The van der Waals surface area contributed by atoms with Crippen LogP contribution in [0.15, 0.2) is 101 Å². The Morgan fingerprint density at radius 1 is 0.842 bits per heavy atom. The van der Waals surface area contributed by atoms with Crippen molar-refractivity contribution in [1.82, 2.24) is 4.98 Å². The average molecular weight is 535 g/mol. The van der Waals surface area contributed by atoms with Gasteiger partial charge in [-0.05, 0) is 48.0 Å². The molecule has 1 heterocycles. The molecular formula is C29H18ClF3N2O3. The molecule has 0 radical (unpaired) electrons. The zero-order chi connectivity index (χ0) is 26.9. The van der Waals surface area contributed by atoms with Gasteiger partial charge in [-0.25, -0.2) is 4.98 Å². The number of amides is 1. The molecule has 0 aliphatic rings. The number of aromatic nitrogens is 1. The maximum absolute atomic E-state index is 13.5. The summed E-state index contributed by atoms with van der Waals surface area (Å²) in [7, 11) is 0. The fourth-order valence-corrected chi connectivity index (χ4v) is 4.15. The first-order valence-electron chi connectivity index (χ1n) is 11.3. The van der Waals surface area contributed by atoms with Crippen molar-refractivity contribution in [3.05, 3.63) is 113 Å². The number of phenolic OH excluding ortho intramolecular Hbond substituents is 1. The van der Waals surface area contributed by atoms with Crippen molar-refractivity contribution in [3.63, 3.8) is 0 Å². The number of anilines is 1. The first kappa shape index (κ1) is 25.1. The van der Waals surface area contributed by atoms with Crippen LogP contribution < -0.4 is 5.32 Å². The van der Waals surface area contributed by atoms with Crippen molar-refractivity contribution >= 4 is 23.4 Å². The number of aromatic hydroxyl groups is 1. The predicted molar refractivity (Wildman–Crippen MR) is 139 cm³/mol. The van der Waals surface area contributed by atoms with Gasteiger partial charge in [-0.1, -0.05) is 66.2 Å². The van der Waals surface area contributed by atoms with Crippen LogP contribution in [0.3, 0.4) is 0 Å². The molecule has 0 bridgehead atoms. The van der Waals surface area contributed by atoms with Crippen LogP contribution in [0.25, 0.3) is 33.8 Å². The van der Waals surface area contributed by atoms with Crippen LogP contribution in [0.2, 0.25) is 5.02 Å². The van der Waals surface area contributed by atoms with Gasteiger partial charge in [0.05, 0.1) is 5.56 Å². The first-order chi connectivity index (χ1) is 18.2. The van der Waals surface area contributed by atoms with Crippen LogP contribution in [0.5, 0.6) is 5.75 Å². The van der Waals surface area contributed by atoms with E-state index in [2.05, 4.69) is 10.3 Å². The molecule has 0 spiro atoms. The highest BCUT2D eigenvalue weighted by atomic mass is 35.5.